The molecule has 0 bridgehead atoms. The fourth-order valence-corrected chi connectivity index (χ4v) is 2.15. The predicted molar refractivity (Wildman–Crippen MR) is 75.5 cm³/mol. The second kappa shape index (κ2) is 6.25. The molecule has 1 fully saturated rings. The van der Waals surface area contributed by atoms with Crippen LogP contribution in [0.25, 0.3) is 0 Å². The van der Waals surface area contributed by atoms with Crippen molar-refractivity contribution in [3.05, 3.63) is 24.3 Å². The van der Waals surface area contributed by atoms with Crippen LogP contribution in [-0.2, 0) is 19.2 Å². The van der Waals surface area contributed by atoms with E-state index in [9.17, 15) is 19.2 Å². The average molecular weight is 306 g/mol. The lowest BCUT2D eigenvalue weighted by Gasteiger charge is -2.16. The van der Waals surface area contributed by atoms with Gasteiger partial charge in [0.05, 0.1) is 12.1 Å². The summed E-state index contributed by atoms with van der Waals surface area (Å²) in [5.41, 5.74) is 0.791. The molecular formula is C14H14N2O6. The molecule has 0 saturated carbocycles. The quantitative estimate of drug-likeness (QED) is 0.660. The van der Waals surface area contributed by atoms with E-state index in [0.717, 1.165) is 4.90 Å². The van der Waals surface area contributed by atoms with Gasteiger partial charge in [-0.05, 0) is 24.3 Å². The molecule has 0 aromatic heterocycles. The van der Waals surface area contributed by atoms with Gasteiger partial charge in [-0.25, -0.2) is 4.79 Å². The fourth-order valence-electron chi connectivity index (χ4n) is 2.15. The van der Waals surface area contributed by atoms with E-state index in [1.54, 1.807) is 0 Å². The third kappa shape index (κ3) is 3.40. The van der Waals surface area contributed by atoms with Crippen LogP contribution in [-0.4, -0.2) is 40.0 Å². The van der Waals surface area contributed by atoms with Crippen molar-refractivity contribution in [2.45, 2.75) is 25.3 Å². The summed E-state index contributed by atoms with van der Waals surface area (Å²) in [7, 11) is 0. The summed E-state index contributed by atoms with van der Waals surface area (Å²) in [6, 6.07) is 4.72. The van der Waals surface area contributed by atoms with Crippen LogP contribution in [0.3, 0.4) is 0 Å². The van der Waals surface area contributed by atoms with Gasteiger partial charge < -0.3 is 15.5 Å². The molecule has 2 amide bonds. The van der Waals surface area contributed by atoms with Gasteiger partial charge in [0, 0.05) is 18.5 Å². The number of hydrogen-bond acceptors (Lipinski definition) is 5. The summed E-state index contributed by atoms with van der Waals surface area (Å²) < 4.78 is 0. The first kappa shape index (κ1) is 15.5. The SMILES string of the molecule is O=C(O)C[C@H](Nc1ccc(N2C(=O)CCC2=O)cc1)C(=O)O. The Balaban J connectivity index is 2.11. The predicted octanol–water partition coefficient (Wildman–Crippen LogP) is 0.680. The molecular weight excluding hydrogens is 292 g/mol. The van der Waals surface area contributed by atoms with Crippen molar-refractivity contribution in [1.29, 1.82) is 0 Å². The highest BCUT2D eigenvalue weighted by molar-refractivity contribution is 6.19. The fraction of sp³-hybridized carbons (Fsp3) is 0.286. The van der Waals surface area contributed by atoms with Crippen molar-refractivity contribution in [3.8, 4) is 0 Å². The molecule has 1 aromatic rings. The van der Waals surface area contributed by atoms with Crippen LogP contribution in [0.4, 0.5) is 11.4 Å². The Labute approximate surface area is 125 Å². The van der Waals surface area contributed by atoms with Crippen LogP contribution in [0.5, 0.6) is 0 Å². The van der Waals surface area contributed by atoms with Crippen LogP contribution in [0.1, 0.15) is 19.3 Å². The Morgan fingerprint density at radius 3 is 2.09 bits per heavy atom. The minimum absolute atomic E-state index is 0.179. The highest BCUT2D eigenvalue weighted by atomic mass is 16.4. The van der Waals surface area contributed by atoms with Gasteiger partial charge in [0.2, 0.25) is 11.8 Å². The molecule has 3 N–H and O–H groups in total. The number of carbonyl (C=O) groups is 4. The van der Waals surface area contributed by atoms with Gasteiger partial charge in [0.25, 0.3) is 0 Å². The number of imide groups is 1. The summed E-state index contributed by atoms with van der Waals surface area (Å²) in [5.74, 6) is -3.07. The van der Waals surface area contributed by atoms with E-state index >= 15 is 0 Å². The number of anilines is 2. The summed E-state index contributed by atoms with van der Waals surface area (Å²) in [6.07, 6.45) is -0.211. The summed E-state index contributed by atoms with van der Waals surface area (Å²) in [4.78, 5) is 45.9. The first-order valence-corrected chi connectivity index (χ1v) is 6.55. The second-order valence-corrected chi connectivity index (χ2v) is 4.80. The van der Waals surface area contributed by atoms with Crippen LogP contribution in [0, 0.1) is 0 Å². The van der Waals surface area contributed by atoms with Crippen LogP contribution in [0.2, 0.25) is 0 Å². The van der Waals surface area contributed by atoms with E-state index in [-0.39, 0.29) is 24.7 Å². The number of amides is 2. The van der Waals surface area contributed by atoms with E-state index in [1.807, 2.05) is 0 Å². The number of carboxylic acids is 2. The van der Waals surface area contributed by atoms with Crippen LogP contribution >= 0.6 is 0 Å². The van der Waals surface area contributed by atoms with Crippen molar-refractivity contribution in [2.75, 3.05) is 10.2 Å². The molecule has 22 heavy (non-hydrogen) atoms. The number of carboxylic acid groups (broad SMARTS) is 2. The minimum Gasteiger partial charge on any atom is -0.481 e. The summed E-state index contributed by atoms with van der Waals surface area (Å²) in [6.45, 7) is 0. The molecule has 1 atom stereocenters. The highest BCUT2D eigenvalue weighted by Crippen LogP contribution is 2.24. The third-order valence-electron chi connectivity index (χ3n) is 3.19. The normalized spacial score (nSPS) is 15.7. The maximum Gasteiger partial charge on any atom is 0.326 e. The Morgan fingerprint density at radius 2 is 1.64 bits per heavy atom. The first-order chi connectivity index (χ1) is 10.4. The molecule has 1 aromatic carbocycles. The van der Waals surface area contributed by atoms with Gasteiger partial charge in [-0.2, -0.15) is 0 Å². The maximum atomic E-state index is 11.6. The second-order valence-electron chi connectivity index (χ2n) is 4.80. The van der Waals surface area contributed by atoms with Gasteiger partial charge in [-0.15, -0.1) is 0 Å². The zero-order valence-corrected chi connectivity index (χ0v) is 11.5. The minimum atomic E-state index is -1.28. The topological polar surface area (TPSA) is 124 Å². The summed E-state index contributed by atoms with van der Waals surface area (Å²) >= 11 is 0. The van der Waals surface area contributed by atoms with Gasteiger partial charge in [0.1, 0.15) is 6.04 Å². The number of benzene rings is 1. The number of aliphatic carboxylic acids is 2. The molecule has 1 aliphatic heterocycles. The number of rotatable bonds is 6. The Morgan fingerprint density at radius 1 is 1.09 bits per heavy atom. The van der Waals surface area contributed by atoms with Crippen LogP contribution in [0.15, 0.2) is 24.3 Å². The molecule has 0 spiro atoms. The van der Waals surface area contributed by atoms with Crippen LogP contribution < -0.4 is 10.2 Å². The van der Waals surface area contributed by atoms with E-state index in [2.05, 4.69) is 5.32 Å². The Kier molecular flexibility index (Phi) is 4.40. The first-order valence-electron chi connectivity index (χ1n) is 6.55. The van der Waals surface area contributed by atoms with Crippen molar-refractivity contribution in [2.24, 2.45) is 0 Å². The standard InChI is InChI=1S/C14H14N2O6/c17-11-5-6-12(18)16(11)9-3-1-8(2-4-9)15-10(14(21)22)7-13(19)20/h1-4,10,15H,5-7H2,(H,19,20)(H,21,22)/t10-/m0/s1. The zero-order valence-electron chi connectivity index (χ0n) is 11.5. The van der Waals surface area contributed by atoms with Gasteiger partial charge in [-0.1, -0.05) is 0 Å². The van der Waals surface area contributed by atoms with E-state index in [4.69, 9.17) is 10.2 Å². The highest BCUT2D eigenvalue weighted by Gasteiger charge is 2.30. The molecule has 1 saturated heterocycles. The van der Waals surface area contributed by atoms with Crippen molar-refractivity contribution in [3.63, 3.8) is 0 Å². The molecule has 2 rings (SSSR count). The molecule has 1 heterocycles. The Hall–Kier alpha value is -2.90. The molecule has 0 radical (unpaired) electrons. The zero-order chi connectivity index (χ0) is 16.3. The largest absolute Gasteiger partial charge is 0.481 e. The monoisotopic (exact) mass is 306 g/mol. The smallest absolute Gasteiger partial charge is 0.326 e. The van der Waals surface area contributed by atoms with Crippen molar-refractivity contribution in [1.82, 2.24) is 0 Å². The van der Waals surface area contributed by atoms with E-state index in [0.29, 0.717) is 11.4 Å². The van der Waals surface area contributed by atoms with Crippen molar-refractivity contribution < 1.29 is 29.4 Å². The van der Waals surface area contributed by atoms with Gasteiger partial charge in [0.15, 0.2) is 0 Å². The molecule has 0 aliphatic carbocycles. The lowest BCUT2D eigenvalue weighted by Crippen LogP contribution is -2.32. The van der Waals surface area contributed by atoms with Crippen molar-refractivity contribution >= 4 is 35.1 Å². The summed E-state index contributed by atoms with van der Waals surface area (Å²) in [5, 5.41) is 20.2. The molecule has 8 heteroatoms. The number of nitrogens with zero attached hydrogens (tertiary/aromatic N) is 1. The lowest BCUT2D eigenvalue weighted by molar-refractivity contribution is -0.144. The number of nitrogens with one attached hydrogen (secondary N) is 1. The van der Waals surface area contributed by atoms with Gasteiger partial charge >= 0.3 is 11.9 Å². The third-order valence-corrected chi connectivity index (χ3v) is 3.19. The van der Waals surface area contributed by atoms with E-state index in [1.165, 1.54) is 24.3 Å². The average Bonchev–Trinajstić information content (AvgIpc) is 2.78. The Bertz CT molecular complexity index is 609. The number of hydrogen-bond donors (Lipinski definition) is 3. The molecule has 8 nitrogen and oxygen atoms in total. The maximum absolute atomic E-state index is 11.6. The number of carbonyl (C=O) groups excluding carboxylic acids is 2. The van der Waals surface area contributed by atoms with E-state index < -0.39 is 24.4 Å². The molecule has 1 aliphatic rings. The molecule has 116 valence electrons. The lowest BCUT2D eigenvalue weighted by atomic mass is 10.2. The van der Waals surface area contributed by atoms with Gasteiger partial charge in [-0.3, -0.25) is 19.3 Å². The molecule has 0 unspecified atom stereocenters.